The van der Waals surface area contributed by atoms with Crippen molar-refractivity contribution in [3.8, 4) is 78.4 Å². The Morgan fingerprint density at radius 1 is 0.212 bits per heavy atom. The summed E-state index contributed by atoms with van der Waals surface area (Å²) in [6, 6.07) is 108. The van der Waals surface area contributed by atoms with Crippen LogP contribution in [0.15, 0.2) is 316 Å². The van der Waals surface area contributed by atoms with Gasteiger partial charge in [-0.15, -0.1) is 0 Å². The maximum atomic E-state index is 5.22. The lowest BCUT2D eigenvalue weighted by molar-refractivity contribution is 1.19. The summed E-state index contributed by atoms with van der Waals surface area (Å²) in [5.41, 5.74) is 23.3. The maximum Gasteiger partial charge on any atom is 0.137 e. The molecule has 0 radical (unpaired) electrons. The number of anilines is 6. The summed E-state index contributed by atoms with van der Waals surface area (Å²) in [7, 11) is 0. The van der Waals surface area contributed by atoms with Gasteiger partial charge in [0, 0.05) is 68.8 Å². The van der Waals surface area contributed by atoms with Crippen molar-refractivity contribution in [1.82, 2.24) is 18.8 Å². The molecule has 0 aliphatic heterocycles. The number of nitrogens with zero attached hydrogens (tertiary/aromatic N) is 6. The van der Waals surface area contributed by atoms with Gasteiger partial charge < -0.3 is 9.80 Å². The molecule has 0 amide bonds. The molecule has 6 heteroatoms. The number of hydrogen-bond donors (Lipinski definition) is 0. The fourth-order valence-corrected chi connectivity index (χ4v) is 11.1. The summed E-state index contributed by atoms with van der Waals surface area (Å²) < 4.78 is 4.41. The monoisotopic (exact) mass is 1020 g/mol. The lowest BCUT2D eigenvalue weighted by Crippen LogP contribution is -2.10. The predicted octanol–water partition coefficient (Wildman–Crippen LogP) is 19.6. The highest BCUT2D eigenvalue weighted by atomic mass is 15.1. The van der Waals surface area contributed by atoms with Gasteiger partial charge in [0.1, 0.15) is 11.3 Å². The van der Waals surface area contributed by atoms with Crippen LogP contribution in [-0.2, 0) is 0 Å². The van der Waals surface area contributed by atoms with Crippen LogP contribution in [0.5, 0.6) is 0 Å². The summed E-state index contributed by atoms with van der Waals surface area (Å²) >= 11 is 0. The minimum Gasteiger partial charge on any atom is -0.310 e. The highest BCUT2D eigenvalue weighted by molar-refractivity contribution is 5.89. The molecule has 6 nitrogen and oxygen atoms in total. The van der Waals surface area contributed by atoms with Crippen LogP contribution in [-0.4, -0.2) is 18.8 Å². The molecule has 0 saturated carbocycles. The van der Waals surface area contributed by atoms with E-state index < -0.39 is 0 Å². The zero-order valence-corrected chi connectivity index (χ0v) is 43.7. The van der Waals surface area contributed by atoms with Crippen molar-refractivity contribution in [3.05, 3.63) is 316 Å². The Kier molecular flexibility index (Phi) is 12.5. The van der Waals surface area contributed by atoms with Gasteiger partial charge in [-0.1, -0.05) is 206 Å². The van der Waals surface area contributed by atoms with E-state index in [-0.39, 0.29) is 0 Å². The topological polar surface area (TPSA) is 41.1 Å². The molecule has 0 aliphatic rings. The van der Waals surface area contributed by atoms with E-state index in [9.17, 15) is 0 Å². The van der Waals surface area contributed by atoms with Crippen molar-refractivity contribution in [2.24, 2.45) is 0 Å². The Balaban J connectivity index is 0.781. The van der Waals surface area contributed by atoms with E-state index >= 15 is 0 Å². The molecule has 4 aromatic heterocycles. The highest BCUT2D eigenvalue weighted by Gasteiger charge is 2.22. The van der Waals surface area contributed by atoms with Crippen LogP contribution in [0.3, 0.4) is 0 Å². The fourth-order valence-electron chi connectivity index (χ4n) is 11.1. The molecular formula is C74H52N6. The Labute approximate surface area is 465 Å². The predicted molar refractivity (Wildman–Crippen MR) is 331 cm³/mol. The van der Waals surface area contributed by atoms with Crippen LogP contribution >= 0.6 is 0 Å². The molecule has 0 aliphatic carbocycles. The lowest BCUT2D eigenvalue weighted by Gasteiger charge is -2.27. The molecule has 0 bridgehead atoms. The molecule has 378 valence electrons. The van der Waals surface area contributed by atoms with E-state index in [2.05, 4.69) is 322 Å². The van der Waals surface area contributed by atoms with Gasteiger partial charge in [0.2, 0.25) is 0 Å². The van der Waals surface area contributed by atoms with E-state index in [1.807, 2.05) is 12.1 Å². The number of benzene rings is 10. The second-order valence-corrected chi connectivity index (χ2v) is 19.9. The number of pyridine rings is 2. The number of aromatic nitrogens is 4. The smallest absolute Gasteiger partial charge is 0.137 e. The van der Waals surface area contributed by atoms with Crippen LogP contribution in [0.4, 0.5) is 34.1 Å². The van der Waals surface area contributed by atoms with Gasteiger partial charge in [-0.2, -0.15) is 0 Å². The Morgan fingerprint density at radius 3 is 0.863 bits per heavy atom. The van der Waals surface area contributed by atoms with Crippen molar-refractivity contribution in [2.45, 2.75) is 0 Å². The minimum atomic E-state index is 0.899. The molecule has 0 atom stereocenters. The van der Waals surface area contributed by atoms with Crippen molar-refractivity contribution in [3.63, 3.8) is 0 Å². The first-order chi connectivity index (χ1) is 39.7. The molecule has 0 N–H and O–H groups in total. The lowest BCUT2D eigenvalue weighted by atomic mass is 10.00. The standard InChI is InChI=1S/C74H52N6/c1-5-19-53(20-6-1)55-33-37-59(38-34-55)71-73(77-49-15-13-31-69(77)75-71)61-23-17-29-67(51-61)79(63-25-9-3-10-26-63)65-45-41-57(42-46-65)58-43-47-66(48-44-58)80(64-27-11-4-12-28-64)68-30-18-24-62(52-68)74-72(76-70-32-14-16-50-78(70)74)60-39-35-56(36-40-60)54-21-7-2-8-22-54/h1-52H. The zero-order valence-electron chi connectivity index (χ0n) is 43.7. The molecule has 0 unspecified atom stereocenters. The number of imidazole rings is 2. The third-order valence-electron chi connectivity index (χ3n) is 15.0. The van der Waals surface area contributed by atoms with Gasteiger partial charge in [-0.25, -0.2) is 9.97 Å². The molecule has 10 aromatic carbocycles. The van der Waals surface area contributed by atoms with Gasteiger partial charge in [0.15, 0.2) is 0 Å². The summed E-state index contributed by atoms with van der Waals surface area (Å²) in [5.74, 6) is 0. The van der Waals surface area contributed by atoms with E-state index in [1.54, 1.807) is 0 Å². The van der Waals surface area contributed by atoms with Crippen molar-refractivity contribution in [2.75, 3.05) is 9.80 Å². The zero-order chi connectivity index (χ0) is 53.2. The molecule has 0 spiro atoms. The largest absolute Gasteiger partial charge is 0.310 e. The van der Waals surface area contributed by atoms with E-state index in [0.717, 1.165) is 102 Å². The van der Waals surface area contributed by atoms with Gasteiger partial charge in [-0.3, -0.25) is 8.80 Å². The first-order valence-corrected chi connectivity index (χ1v) is 27.0. The maximum absolute atomic E-state index is 5.22. The number of para-hydroxylation sites is 2. The van der Waals surface area contributed by atoms with Gasteiger partial charge in [-0.05, 0) is 130 Å². The highest BCUT2D eigenvalue weighted by Crippen LogP contribution is 2.43. The van der Waals surface area contributed by atoms with Crippen LogP contribution in [0.25, 0.3) is 89.7 Å². The average Bonchev–Trinajstić information content (AvgIpc) is 4.13. The summed E-state index contributed by atoms with van der Waals surface area (Å²) in [5, 5.41) is 0. The molecule has 0 saturated heterocycles. The first kappa shape index (κ1) is 47.6. The molecular weight excluding hydrogens is 973 g/mol. The molecule has 14 rings (SSSR count). The van der Waals surface area contributed by atoms with Gasteiger partial charge in [0.25, 0.3) is 0 Å². The number of rotatable bonds is 13. The van der Waals surface area contributed by atoms with E-state index in [0.29, 0.717) is 0 Å². The van der Waals surface area contributed by atoms with Gasteiger partial charge in [0.05, 0.1) is 22.8 Å². The van der Waals surface area contributed by atoms with Crippen molar-refractivity contribution < 1.29 is 0 Å². The Bertz CT molecular complexity index is 4130. The number of fused-ring (bicyclic) bond motifs is 2. The molecule has 4 heterocycles. The van der Waals surface area contributed by atoms with Crippen molar-refractivity contribution in [1.29, 1.82) is 0 Å². The molecule has 14 aromatic rings. The third-order valence-corrected chi connectivity index (χ3v) is 15.0. The number of hydrogen-bond acceptors (Lipinski definition) is 4. The van der Waals surface area contributed by atoms with Crippen LogP contribution < -0.4 is 9.80 Å². The summed E-state index contributed by atoms with van der Waals surface area (Å²) in [6.07, 6.45) is 4.21. The average molecular weight is 1030 g/mol. The van der Waals surface area contributed by atoms with Crippen molar-refractivity contribution >= 4 is 45.4 Å². The van der Waals surface area contributed by atoms with Crippen LogP contribution in [0.1, 0.15) is 0 Å². The Morgan fingerprint density at radius 2 is 0.487 bits per heavy atom. The van der Waals surface area contributed by atoms with Crippen LogP contribution in [0.2, 0.25) is 0 Å². The van der Waals surface area contributed by atoms with E-state index in [1.165, 1.54) is 22.3 Å². The molecule has 80 heavy (non-hydrogen) atoms. The van der Waals surface area contributed by atoms with Gasteiger partial charge >= 0.3 is 0 Å². The SMILES string of the molecule is c1ccc(-c2ccc(-c3nc4ccccn4c3-c3cccc(N(c4ccccc4)c4ccc(-c5ccc(N(c6ccccc6)c6cccc(-c7c(-c8ccc(-c9ccccc9)cc8)nc8ccccn78)c6)cc5)cc4)c3)cc2)cc1. The molecule has 0 fully saturated rings. The normalized spacial score (nSPS) is 11.2. The first-order valence-electron chi connectivity index (χ1n) is 27.0. The third kappa shape index (κ3) is 9.16. The Hall–Kier alpha value is -10.8. The quantitative estimate of drug-likeness (QED) is 0.115. The second kappa shape index (κ2) is 21.0. The summed E-state index contributed by atoms with van der Waals surface area (Å²) in [4.78, 5) is 15.1. The summed E-state index contributed by atoms with van der Waals surface area (Å²) in [6.45, 7) is 0. The van der Waals surface area contributed by atoms with E-state index in [4.69, 9.17) is 9.97 Å². The fraction of sp³-hybridized carbons (Fsp3) is 0. The van der Waals surface area contributed by atoms with Crippen LogP contribution in [0, 0.1) is 0 Å². The minimum absolute atomic E-state index is 0.899. The second-order valence-electron chi connectivity index (χ2n) is 19.9.